The summed E-state index contributed by atoms with van der Waals surface area (Å²) in [7, 11) is 0. The number of rotatable bonds is 11. The number of unbranched alkanes of at least 4 members (excludes halogenated alkanes) is 1. The fourth-order valence-corrected chi connectivity index (χ4v) is 5.11. The van der Waals surface area contributed by atoms with Crippen LogP contribution in [0.5, 0.6) is 5.75 Å². The van der Waals surface area contributed by atoms with Crippen LogP contribution in [0.25, 0.3) is 0 Å². The van der Waals surface area contributed by atoms with E-state index in [1.807, 2.05) is 110 Å². The number of hydrogen-bond donors (Lipinski definition) is 3. The van der Waals surface area contributed by atoms with Gasteiger partial charge < -0.3 is 20.7 Å². The Labute approximate surface area is 240 Å². The van der Waals surface area contributed by atoms with E-state index in [9.17, 15) is 4.79 Å². The summed E-state index contributed by atoms with van der Waals surface area (Å²) < 4.78 is 5.74. The van der Waals surface area contributed by atoms with Gasteiger partial charge in [-0.3, -0.25) is 4.79 Å². The van der Waals surface area contributed by atoms with Crippen LogP contribution in [0.4, 0.5) is 17.1 Å². The fourth-order valence-electron chi connectivity index (χ4n) is 3.79. The molecule has 0 aliphatic heterocycles. The van der Waals surface area contributed by atoms with Crippen molar-refractivity contribution in [1.82, 2.24) is 0 Å². The van der Waals surface area contributed by atoms with E-state index in [1.54, 1.807) is 0 Å². The molecular weight excluding hydrogens is 523 g/mol. The number of carbonyl (C=O) groups excluding carboxylic acids is 1. The van der Waals surface area contributed by atoms with Crippen molar-refractivity contribution in [3.63, 3.8) is 0 Å². The first-order valence-electron chi connectivity index (χ1n) is 13.0. The lowest BCUT2D eigenvalue weighted by Gasteiger charge is -2.18. The monoisotopic (exact) mass is 555 g/mol. The lowest BCUT2D eigenvalue weighted by Crippen LogP contribution is -2.19. The van der Waals surface area contributed by atoms with Crippen LogP contribution in [-0.2, 0) is 4.79 Å². The van der Waals surface area contributed by atoms with E-state index < -0.39 is 5.25 Å². The maximum absolute atomic E-state index is 13.5. The Hall–Kier alpha value is -3.81. The third-order valence-electron chi connectivity index (χ3n) is 5.88. The number of ether oxygens (including phenoxy) is 1. The van der Waals surface area contributed by atoms with Gasteiger partial charge in [-0.05, 0) is 85.7 Å². The van der Waals surface area contributed by atoms with Gasteiger partial charge in [-0.1, -0.05) is 67.4 Å². The number of hydrogen-bond acceptors (Lipinski definition) is 4. The van der Waals surface area contributed by atoms with Crippen molar-refractivity contribution in [2.24, 2.45) is 0 Å². The summed E-state index contributed by atoms with van der Waals surface area (Å²) in [6, 6.07) is 33.3. The Morgan fingerprint density at radius 1 is 0.821 bits per heavy atom. The zero-order valence-electron chi connectivity index (χ0n) is 22.1. The van der Waals surface area contributed by atoms with Gasteiger partial charge in [-0.15, -0.1) is 11.8 Å². The van der Waals surface area contributed by atoms with Crippen molar-refractivity contribution in [1.29, 1.82) is 0 Å². The summed E-state index contributed by atoms with van der Waals surface area (Å²) >= 11 is 7.00. The molecule has 0 bridgehead atoms. The van der Waals surface area contributed by atoms with E-state index in [2.05, 4.69) is 22.9 Å². The van der Waals surface area contributed by atoms with E-state index in [-0.39, 0.29) is 5.91 Å². The van der Waals surface area contributed by atoms with E-state index in [0.717, 1.165) is 46.1 Å². The standard InChI is InChI=1S/C32H33N3O2S2/c1-3-4-21-37-28-19-17-25(18-20-28)33-31(36)30(24-9-6-5-7-10-24)39-29-12-8-11-27(22-29)35-32(38)34-26-15-13-23(2)14-16-26/h5-20,22,30H,3-4,21H2,1-2H3,(H,33,36)(H2,34,35,38). The highest BCUT2D eigenvalue weighted by molar-refractivity contribution is 8.00. The molecule has 0 saturated heterocycles. The van der Waals surface area contributed by atoms with Crippen molar-refractivity contribution >= 4 is 52.1 Å². The molecular formula is C32H33N3O2S2. The number of nitrogens with one attached hydrogen (secondary N) is 3. The molecule has 0 aliphatic carbocycles. The van der Waals surface area contributed by atoms with Crippen LogP contribution in [0.2, 0.25) is 0 Å². The Kier molecular flexibility index (Phi) is 10.4. The van der Waals surface area contributed by atoms with Gasteiger partial charge in [-0.25, -0.2) is 0 Å². The summed E-state index contributed by atoms with van der Waals surface area (Å²) in [4.78, 5) is 14.4. The molecule has 4 aromatic carbocycles. The van der Waals surface area contributed by atoms with Gasteiger partial charge >= 0.3 is 0 Å². The molecule has 1 unspecified atom stereocenters. The molecule has 0 saturated carbocycles. The summed E-state index contributed by atoms with van der Waals surface area (Å²) in [6.07, 6.45) is 2.10. The smallest absolute Gasteiger partial charge is 0.242 e. The molecule has 0 radical (unpaired) electrons. The largest absolute Gasteiger partial charge is 0.494 e. The zero-order chi connectivity index (χ0) is 27.5. The molecule has 4 aromatic rings. The molecule has 0 aliphatic rings. The molecule has 7 heteroatoms. The second kappa shape index (κ2) is 14.4. The van der Waals surface area contributed by atoms with Gasteiger partial charge in [0.15, 0.2) is 5.11 Å². The Morgan fingerprint density at radius 3 is 2.21 bits per heavy atom. The summed E-state index contributed by atoms with van der Waals surface area (Å²) in [5, 5.41) is 9.58. The second-order valence-electron chi connectivity index (χ2n) is 9.10. The first kappa shape index (κ1) is 28.2. The normalized spacial score (nSPS) is 11.3. The molecule has 4 rings (SSSR count). The average molecular weight is 556 g/mol. The topological polar surface area (TPSA) is 62.4 Å². The van der Waals surface area contributed by atoms with Gasteiger partial charge in [0, 0.05) is 22.0 Å². The van der Waals surface area contributed by atoms with E-state index >= 15 is 0 Å². The number of thiocarbonyl (C=S) groups is 1. The molecule has 0 spiro atoms. The number of anilines is 3. The minimum absolute atomic E-state index is 0.0965. The molecule has 0 heterocycles. The first-order chi connectivity index (χ1) is 19.0. The average Bonchev–Trinajstić information content (AvgIpc) is 2.95. The second-order valence-corrected chi connectivity index (χ2v) is 10.7. The highest BCUT2D eigenvalue weighted by Gasteiger charge is 2.22. The number of benzene rings is 4. The fraction of sp³-hybridized carbons (Fsp3) is 0.188. The Balaban J connectivity index is 1.44. The zero-order valence-corrected chi connectivity index (χ0v) is 23.8. The van der Waals surface area contributed by atoms with Gasteiger partial charge in [-0.2, -0.15) is 0 Å². The molecule has 3 N–H and O–H groups in total. The van der Waals surface area contributed by atoms with Crippen LogP contribution in [-0.4, -0.2) is 17.6 Å². The molecule has 1 atom stereocenters. The molecule has 5 nitrogen and oxygen atoms in total. The maximum Gasteiger partial charge on any atom is 0.242 e. The van der Waals surface area contributed by atoms with Crippen LogP contribution in [0, 0.1) is 6.92 Å². The molecule has 39 heavy (non-hydrogen) atoms. The maximum atomic E-state index is 13.5. The van der Waals surface area contributed by atoms with Gasteiger partial charge in [0.25, 0.3) is 0 Å². The third kappa shape index (κ3) is 8.87. The number of carbonyl (C=O) groups is 1. The Bertz CT molecular complexity index is 1360. The molecule has 200 valence electrons. The quantitative estimate of drug-likeness (QED) is 0.0980. The number of thioether (sulfide) groups is 1. The summed E-state index contributed by atoms with van der Waals surface area (Å²) in [5.41, 5.74) is 4.61. The van der Waals surface area contributed by atoms with Crippen molar-refractivity contribution in [3.8, 4) is 5.75 Å². The van der Waals surface area contributed by atoms with Crippen LogP contribution in [0.3, 0.4) is 0 Å². The first-order valence-corrected chi connectivity index (χ1v) is 14.3. The van der Waals surface area contributed by atoms with Crippen LogP contribution in [0.15, 0.2) is 108 Å². The summed E-state index contributed by atoms with van der Waals surface area (Å²) in [5.74, 6) is 0.704. The highest BCUT2D eigenvalue weighted by atomic mass is 32.2. The van der Waals surface area contributed by atoms with Crippen LogP contribution >= 0.6 is 24.0 Å². The number of amides is 1. The minimum atomic E-state index is -0.445. The van der Waals surface area contributed by atoms with E-state index in [4.69, 9.17) is 17.0 Å². The SMILES string of the molecule is CCCCOc1ccc(NC(=O)C(Sc2cccc(NC(=S)Nc3ccc(C)cc3)c2)c2ccccc2)cc1. The Morgan fingerprint density at radius 2 is 1.49 bits per heavy atom. The van der Waals surface area contributed by atoms with Gasteiger partial charge in [0.1, 0.15) is 11.0 Å². The summed E-state index contributed by atoms with van der Waals surface area (Å²) in [6.45, 7) is 4.87. The van der Waals surface area contributed by atoms with Crippen molar-refractivity contribution in [2.45, 2.75) is 36.8 Å². The predicted molar refractivity (Wildman–Crippen MR) is 168 cm³/mol. The molecule has 0 aromatic heterocycles. The molecule has 1 amide bonds. The van der Waals surface area contributed by atoms with Crippen LogP contribution < -0.4 is 20.7 Å². The number of aryl methyl sites for hydroxylation is 1. The van der Waals surface area contributed by atoms with Crippen molar-refractivity contribution < 1.29 is 9.53 Å². The van der Waals surface area contributed by atoms with Crippen molar-refractivity contribution in [3.05, 3.63) is 114 Å². The highest BCUT2D eigenvalue weighted by Crippen LogP contribution is 2.37. The minimum Gasteiger partial charge on any atom is -0.494 e. The lowest BCUT2D eigenvalue weighted by atomic mass is 10.1. The van der Waals surface area contributed by atoms with E-state index in [0.29, 0.717) is 11.7 Å². The third-order valence-corrected chi connectivity index (χ3v) is 7.34. The predicted octanol–water partition coefficient (Wildman–Crippen LogP) is 8.45. The van der Waals surface area contributed by atoms with Gasteiger partial charge in [0.2, 0.25) is 5.91 Å². The van der Waals surface area contributed by atoms with Gasteiger partial charge in [0.05, 0.1) is 6.61 Å². The lowest BCUT2D eigenvalue weighted by molar-refractivity contribution is -0.115. The molecule has 0 fully saturated rings. The van der Waals surface area contributed by atoms with Crippen LogP contribution in [0.1, 0.15) is 36.1 Å². The van der Waals surface area contributed by atoms with E-state index in [1.165, 1.54) is 17.3 Å². The van der Waals surface area contributed by atoms with Crippen molar-refractivity contribution in [2.75, 3.05) is 22.6 Å².